The van der Waals surface area contributed by atoms with Crippen LogP contribution in [0.25, 0.3) is 11.1 Å². The van der Waals surface area contributed by atoms with Gasteiger partial charge >= 0.3 is 12.3 Å². The molecular weight excluding hydrogens is 468 g/mol. The average molecular weight is 486 g/mol. The van der Waals surface area contributed by atoms with E-state index in [0.29, 0.717) is 17.0 Å². The summed E-state index contributed by atoms with van der Waals surface area (Å²) in [4.78, 5) is 0. The highest BCUT2D eigenvalue weighted by molar-refractivity contribution is 5.64. The van der Waals surface area contributed by atoms with Gasteiger partial charge < -0.3 is 4.74 Å². The summed E-state index contributed by atoms with van der Waals surface area (Å²) in [5, 5.41) is 0. The Labute approximate surface area is 190 Å². The molecule has 34 heavy (non-hydrogen) atoms. The van der Waals surface area contributed by atoms with Gasteiger partial charge in [0.1, 0.15) is 28.8 Å². The fourth-order valence-electron chi connectivity index (χ4n) is 4.22. The molecule has 0 amide bonds. The molecule has 3 aromatic carbocycles. The summed E-state index contributed by atoms with van der Waals surface area (Å²) in [6.45, 7) is 0. The number of rotatable bonds is 5. The second-order valence-electron chi connectivity index (χ2n) is 8.18. The maximum Gasteiger partial charge on any atom is 0.429 e. The monoisotopic (exact) mass is 486 g/mol. The fraction of sp³-hybridized carbons (Fsp3) is 0.280. The Morgan fingerprint density at radius 1 is 0.676 bits per heavy atom. The van der Waals surface area contributed by atoms with Crippen molar-refractivity contribution in [2.45, 2.75) is 43.9 Å². The van der Waals surface area contributed by atoms with Gasteiger partial charge in [-0.25, -0.2) is 13.2 Å². The van der Waals surface area contributed by atoms with Crippen LogP contribution in [0.4, 0.5) is 35.1 Å². The highest BCUT2D eigenvalue weighted by Crippen LogP contribution is 2.39. The minimum absolute atomic E-state index is 0.0298. The van der Waals surface area contributed by atoms with Crippen molar-refractivity contribution in [3.8, 4) is 16.9 Å². The highest BCUT2D eigenvalue weighted by Gasteiger charge is 2.41. The van der Waals surface area contributed by atoms with E-state index in [2.05, 4.69) is 4.74 Å². The molecule has 1 fully saturated rings. The molecule has 0 radical (unpaired) electrons. The van der Waals surface area contributed by atoms with Crippen LogP contribution in [-0.4, -0.2) is 0 Å². The van der Waals surface area contributed by atoms with Gasteiger partial charge in [-0.05, 0) is 47.6 Å². The second kappa shape index (κ2) is 8.92. The van der Waals surface area contributed by atoms with E-state index in [-0.39, 0.29) is 12.1 Å². The van der Waals surface area contributed by atoms with Gasteiger partial charge in [0.2, 0.25) is 0 Å². The van der Waals surface area contributed by atoms with E-state index in [0.717, 1.165) is 30.5 Å². The first-order valence-electron chi connectivity index (χ1n) is 10.5. The maximum absolute atomic E-state index is 14.6. The number of benzene rings is 3. The molecule has 1 aliphatic rings. The van der Waals surface area contributed by atoms with Crippen LogP contribution in [0.5, 0.6) is 5.75 Å². The van der Waals surface area contributed by atoms with Gasteiger partial charge in [0.05, 0.1) is 5.56 Å². The fourth-order valence-corrected chi connectivity index (χ4v) is 4.22. The minimum atomic E-state index is -5.37. The molecule has 1 aliphatic carbocycles. The lowest BCUT2D eigenvalue weighted by molar-refractivity contribution is -0.187. The molecule has 0 unspecified atom stereocenters. The summed E-state index contributed by atoms with van der Waals surface area (Å²) in [5.41, 5.74) is -1.39. The molecule has 9 heteroatoms. The Morgan fingerprint density at radius 3 is 1.76 bits per heavy atom. The van der Waals surface area contributed by atoms with Crippen molar-refractivity contribution in [1.82, 2.24) is 0 Å². The predicted molar refractivity (Wildman–Crippen MR) is 109 cm³/mol. The Bertz CT molecular complexity index is 1160. The lowest BCUT2D eigenvalue weighted by atomic mass is 9.95. The Balaban J connectivity index is 1.56. The first-order chi connectivity index (χ1) is 16.0. The number of alkyl halides is 5. The van der Waals surface area contributed by atoms with Crippen LogP contribution >= 0.6 is 0 Å². The van der Waals surface area contributed by atoms with E-state index in [1.807, 2.05) is 12.1 Å². The molecule has 0 aromatic heterocycles. The molecule has 0 bridgehead atoms. The van der Waals surface area contributed by atoms with Crippen molar-refractivity contribution in [1.29, 1.82) is 0 Å². The summed E-state index contributed by atoms with van der Waals surface area (Å²) >= 11 is 0. The molecular formula is C25H18F8O. The Kier molecular flexibility index (Phi) is 6.31. The maximum atomic E-state index is 14.6. The first kappa shape index (κ1) is 24.0. The molecule has 0 N–H and O–H groups in total. The topological polar surface area (TPSA) is 9.23 Å². The smallest absolute Gasteiger partial charge is 0.429 e. The van der Waals surface area contributed by atoms with E-state index < -0.39 is 46.6 Å². The Morgan fingerprint density at radius 2 is 1.24 bits per heavy atom. The van der Waals surface area contributed by atoms with Crippen molar-refractivity contribution in [3.63, 3.8) is 0 Å². The molecule has 0 spiro atoms. The third-order valence-corrected chi connectivity index (χ3v) is 5.90. The summed E-state index contributed by atoms with van der Waals surface area (Å²) < 4.78 is 113. The van der Waals surface area contributed by atoms with Crippen molar-refractivity contribution in [2.75, 3.05) is 0 Å². The van der Waals surface area contributed by atoms with Gasteiger partial charge in [0.25, 0.3) is 0 Å². The van der Waals surface area contributed by atoms with Gasteiger partial charge in [-0.3, -0.25) is 0 Å². The molecule has 0 heterocycles. The Hall–Kier alpha value is -3.10. The lowest BCUT2D eigenvalue weighted by Gasteiger charge is -2.20. The van der Waals surface area contributed by atoms with Crippen molar-refractivity contribution < 1.29 is 39.9 Å². The van der Waals surface area contributed by atoms with E-state index >= 15 is 0 Å². The van der Waals surface area contributed by atoms with Crippen LogP contribution in [0.3, 0.4) is 0 Å². The number of hydrogen-bond donors (Lipinski definition) is 0. The second-order valence-corrected chi connectivity index (χ2v) is 8.18. The number of hydrogen-bond acceptors (Lipinski definition) is 1. The number of halogens is 8. The van der Waals surface area contributed by atoms with Crippen molar-refractivity contribution in [3.05, 3.63) is 88.7 Å². The molecule has 1 nitrogen and oxygen atoms in total. The first-order valence-corrected chi connectivity index (χ1v) is 10.5. The van der Waals surface area contributed by atoms with Crippen molar-refractivity contribution in [2.24, 2.45) is 0 Å². The quantitative estimate of drug-likeness (QED) is 0.328. The zero-order chi connectivity index (χ0) is 24.7. The van der Waals surface area contributed by atoms with Crippen LogP contribution in [0.2, 0.25) is 0 Å². The van der Waals surface area contributed by atoms with Crippen LogP contribution < -0.4 is 4.74 Å². The van der Waals surface area contributed by atoms with Crippen LogP contribution in [0.1, 0.15) is 48.3 Å². The van der Waals surface area contributed by atoms with Gasteiger partial charge in [0.15, 0.2) is 0 Å². The van der Waals surface area contributed by atoms with Gasteiger partial charge in [-0.15, -0.1) is 0 Å². The lowest BCUT2D eigenvalue weighted by Crippen LogP contribution is -2.24. The molecule has 0 aliphatic heterocycles. The highest BCUT2D eigenvalue weighted by atomic mass is 19.4. The summed E-state index contributed by atoms with van der Waals surface area (Å²) in [5.74, 6) is -6.36. The van der Waals surface area contributed by atoms with E-state index in [1.54, 1.807) is 12.1 Å². The van der Waals surface area contributed by atoms with E-state index in [9.17, 15) is 35.1 Å². The minimum Gasteiger partial charge on any atom is -0.429 e. The largest absolute Gasteiger partial charge is 0.429 e. The summed E-state index contributed by atoms with van der Waals surface area (Å²) in [6, 6.07) is 10.2. The molecule has 0 saturated heterocycles. The number of ether oxygens (including phenoxy) is 1. The zero-order valence-corrected chi connectivity index (χ0v) is 17.5. The van der Waals surface area contributed by atoms with E-state index in [4.69, 9.17) is 0 Å². The SMILES string of the molecule is Fc1cc(-c2ccc(C3CCCC3)cc2)ccc1C(F)(F)Oc1cc(F)c(C(F)(F)F)c(F)c1. The third-order valence-electron chi connectivity index (χ3n) is 5.90. The molecule has 1 saturated carbocycles. The molecule has 3 aromatic rings. The normalized spacial score (nSPS) is 15.1. The van der Waals surface area contributed by atoms with Gasteiger partial charge in [0, 0.05) is 12.1 Å². The van der Waals surface area contributed by atoms with Gasteiger partial charge in [-0.1, -0.05) is 43.2 Å². The summed E-state index contributed by atoms with van der Waals surface area (Å²) in [7, 11) is 0. The zero-order valence-electron chi connectivity index (χ0n) is 17.5. The standard InChI is InChI=1S/C25H18F8O/c26-20-11-17(16-7-5-15(6-8-16)14-3-1-2-4-14)9-10-19(20)25(32,33)34-18-12-21(27)23(22(28)13-18)24(29,30)31/h5-14H,1-4H2. The van der Waals surface area contributed by atoms with Crippen molar-refractivity contribution >= 4 is 0 Å². The van der Waals surface area contributed by atoms with E-state index in [1.165, 1.54) is 18.9 Å². The van der Waals surface area contributed by atoms with Gasteiger partial charge in [-0.2, -0.15) is 22.0 Å². The van der Waals surface area contributed by atoms with Crippen LogP contribution in [-0.2, 0) is 12.3 Å². The van der Waals surface area contributed by atoms with Crippen LogP contribution in [0, 0.1) is 17.5 Å². The third kappa shape index (κ3) is 4.88. The summed E-state index contributed by atoms with van der Waals surface area (Å²) in [6.07, 6.45) is -5.24. The predicted octanol–water partition coefficient (Wildman–Crippen LogP) is 8.58. The molecule has 180 valence electrons. The molecule has 4 rings (SSSR count). The molecule has 0 atom stereocenters. The van der Waals surface area contributed by atoms with Crippen LogP contribution in [0.15, 0.2) is 54.6 Å². The average Bonchev–Trinajstić information content (AvgIpc) is 3.26.